The number of ether oxygens (including phenoxy) is 1. The Balaban J connectivity index is 2.49. The third-order valence-electron chi connectivity index (χ3n) is 3.86. The maximum atomic E-state index is 9.66. The molecule has 1 aliphatic rings. The van der Waals surface area contributed by atoms with E-state index in [4.69, 9.17) is 10.5 Å². The van der Waals surface area contributed by atoms with Crippen molar-refractivity contribution in [1.82, 2.24) is 4.90 Å². The smallest absolute Gasteiger partial charge is 0.0702 e. The molecule has 1 saturated heterocycles. The van der Waals surface area contributed by atoms with Crippen LogP contribution in [0, 0.1) is 5.92 Å². The summed E-state index contributed by atoms with van der Waals surface area (Å²) >= 11 is 0. The molecule has 0 bridgehead atoms. The van der Waals surface area contributed by atoms with Gasteiger partial charge in [0.1, 0.15) is 0 Å². The predicted molar refractivity (Wildman–Crippen MR) is 79.1 cm³/mol. The van der Waals surface area contributed by atoms with E-state index in [1.54, 1.807) is 0 Å². The molecular weight excluding hydrogens is 240 g/mol. The monoisotopic (exact) mass is 272 g/mol. The van der Waals surface area contributed by atoms with E-state index in [1.165, 1.54) is 0 Å². The van der Waals surface area contributed by atoms with Crippen molar-refractivity contribution < 1.29 is 9.84 Å². The number of likely N-dealkylation sites (tertiary alicyclic amines) is 1. The number of hydrogen-bond donors (Lipinski definition) is 2. The molecule has 0 aromatic rings. The molecule has 4 heteroatoms. The molecule has 1 rings (SSSR count). The number of piperidine rings is 1. The molecule has 0 radical (unpaired) electrons. The molecule has 0 aliphatic carbocycles. The van der Waals surface area contributed by atoms with Gasteiger partial charge in [0.2, 0.25) is 0 Å². The van der Waals surface area contributed by atoms with Crippen LogP contribution in [0.15, 0.2) is 0 Å². The summed E-state index contributed by atoms with van der Waals surface area (Å²) < 4.78 is 5.85. The lowest BCUT2D eigenvalue weighted by Gasteiger charge is -2.40. The first-order valence-corrected chi connectivity index (χ1v) is 7.80. The van der Waals surface area contributed by atoms with Crippen molar-refractivity contribution in [3.8, 4) is 0 Å². The van der Waals surface area contributed by atoms with Crippen LogP contribution in [0.5, 0.6) is 0 Å². The van der Waals surface area contributed by atoms with Gasteiger partial charge >= 0.3 is 0 Å². The number of nitrogens with zero attached hydrogens (tertiary/aromatic N) is 1. The normalized spacial score (nSPS) is 24.6. The van der Waals surface area contributed by atoms with Crippen molar-refractivity contribution >= 4 is 0 Å². The minimum absolute atomic E-state index is 0.0509. The topological polar surface area (TPSA) is 58.7 Å². The molecule has 4 nitrogen and oxygen atoms in total. The summed E-state index contributed by atoms with van der Waals surface area (Å²) in [5.74, 6) is 0.570. The Morgan fingerprint density at radius 2 is 2.16 bits per heavy atom. The van der Waals surface area contributed by atoms with Crippen molar-refractivity contribution in [2.75, 3.05) is 26.3 Å². The van der Waals surface area contributed by atoms with Crippen LogP contribution in [0.3, 0.4) is 0 Å². The summed E-state index contributed by atoms with van der Waals surface area (Å²) in [5.41, 5.74) is 6.26. The van der Waals surface area contributed by atoms with Crippen LogP contribution in [0.2, 0.25) is 0 Å². The molecule has 0 amide bonds. The zero-order valence-corrected chi connectivity index (χ0v) is 12.8. The Morgan fingerprint density at radius 1 is 1.42 bits per heavy atom. The fourth-order valence-corrected chi connectivity index (χ4v) is 2.91. The molecule has 0 aromatic carbocycles. The van der Waals surface area contributed by atoms with E-state index >= 15 is 0 Å². The second-order valence-electron chi connectivity index (χ2n) is 6.17. The van der Waals surface area contributed by atoms with E-state index in [2.05, 4.69) is 25.7 Å². The third-order valence-corrected chi connectivity index (χ3v) is 3.86. The van der Waals surface area contributed by atoms with E-state index in [0.717, 1.165) is 45.4 Å². The lowest BCUT2D eigenvalue weighted by atomic mass is 9.95. The number of hydrogen-bond acceptors (Lipinski definition) is 4. The quantitative estimate of drug-likeness (QED) is 0.705. The minimum atomic E-state index is 0.0509. The van der Waals surface area contributed by atoms with Crippen LogP contribution < -0.4 is 5.73 Å². The number of aliphatic hydroxyl groups excluding tert-OH is 1. The summed E-state index contributed by atoms with van der Waals surface area (Å²) in [6.45, 7) is 9.42. The summed E-state index contributed by atoms with van der Waals surface area (Å²) in [5, 5.41) is 9.66. The number of aliphatic hydroxyl groups is 1. The van der Waals surface area contributed by atoms with E-state index in [9.17, 15) is 5.11 Å². The zero-order chi connectivity index (χ0) is 14.3. The van der Waals surface area contributed by atoms with Crippen LogP contribution >= 0.6 is 0 Å². The van der Waals surface area contributed by atoms with Gasteiger partial charge in [0.25, 0.3) is 0 Å². The number of rotatable bonds is 8. The lowest BCUT2D eigenvalue weighted by Crippen LogP contribution is -2.55. The summed E-state index contributed by atoms with van der Waals surface area (Å²) in [6.07, 6.45) is 4.61. The van der Waals surface area contributed by atoms with Gasteiger partial charge in [-0.05, 0) is 38.1 Å². The van der Waals surface area contributed by atoms with E-state index in [-0.39, 0.29) is 18.7 Å². The average Bonchev–Trinajstić information content (AvgIpc) is 2.37. The van der Waals surface area contributed by atoms with E-state index in [0.29, 0.717) is 12.0 Å². The molecule has 19 heavy (non-hydrogen) atoms. The molecule has 1 fully saturated rings. The van der Waals surface area contributed by atoms with Crippen molar-refractivity contribution in [2.24, 2.45) is 11.7 Å². The molecule has 3 N–H and O–H groups in total. The average molecular weight is 272 g/mol. The van der Waals surface area contributed by atoms with Gasteiger partial charge < -0.3 is 15.6 Å². The second-order valence-corrected chi connectivity index (χ2v) is 6.17. The fraction of sp³-hybridized carbons (Fsp3) is 1.00. The highest BCUT2D eigenvalue weighted by atomic mass is 16.5. The van der Waals surface area contributed by atoms with Gasteiger partial charge in [-0.2, -0.15) is 0 Å². The lowest BCUT2D eigenvalue weighted by molar-refractivity contribution is -0.0252. The zero-order valence-electron chi connectivity index (χ0n) is 12.8. The Morgan fingerprint density at radius 3 is 2.74 bits per heavy atom. The standard InChI is InChI=1S/C15H32N2O2/c1-4-8-19-13-6-5-7-17(10-13)15(11-18)14(16)9-12(2)3/h12-15,18H,4-11,16H2,1-3H3. The highest BCUT2D eigenvalue weighted by Crippen LogP contribution is 2.19. The first-order valence-electron chi connectivity index (χ1n) is 7.80. The molecular formula is C15H32N2O2. The first kappa shape index (κ1) is 16.9. The van der Waals surface area contributed by atoms with Gasteiger partial charge in [0, 0.05) is 25.2 Å². The van der Waals surface area contributed by atoms with Crippen molar-refractivity contribution in [3.05, 3.63) is 0 Å². The molecule has 114 valence electrons. The summed E-state index contributed by atoms with van der Waals surface area (Å²) in [4.78, 5) is 2.33. The fourth-order valence-electron chi connectivity index (χ4n) is 2.91. The van der Waals surface area contributed by atoms with Gasteiger partial charge in [-0.25, -0.2) is 0 Å². The Hall–Kier alpha value is -0.160. The molecule has 0 aromatic heterocycles. The molecule has 3 atom stereocenters. The third kappa shape index (κ3) is 5.78. The van der Waals surface area contributed by atoms with E-state index < -0.39 is 0 Å². The van der Waals surface area contributed by atoms with Crippen molar-refractivity contribution in [2.45, 2.75) is 64.6 Å². The van der Waals surface area contributed by atoms with Crippen LogP contribution in [0.1, 0.15) is 46.5 Å². The summed E-state index contributed by atoms with van der Waals surface area (Å²) in [6, 6.07) is 0.130. The predicted octanol–water partition coefficient (Wildman–Crippen LogP) is 1.61. The highest BCUT2D eigenvalue weighted by Gasteiger charge is 2.29. The first-order chi connectivity index (χ1) is 9.08. The van der Waals surface area contributed by atoms with Gasteiger partial charge in [0.05, 0.1) is 12.7 Å². The molecule has 0 spiro atoms. The molecule has 1 aliphatic heterocycles. The van der Waals surface area contributed by atoms with Gasteiger partial charge in [-0.15, -0.1) is 0 Å². The maximum absolute atomic E-state index is 9.66. The van der Waals surface area contributed by atoms with Gasteiger partial charge in [-0.1, -0.05) is 20.8 Å². The Labute approximate surface area is 118 Å². The van der Waals surface area contributed by atoms with Crippen LogP contribution in [0.4, 0.5) is 0 Å². The minimum Gasteiger partial charge on any atom is -0.395 e. The van der Waals surface area contributed by atoms with Crippen molar-refractivity contribution in [3.63, 3.8) is 0 Å². The van der Waals surface area contributed by atoms with Crippen molar-refractivity contribution in [1.29, 1.82) is 0 Å². The molecule has 1 heterocycles. The van der Waals surface area contributed by atoms with Crippen LogP contribution in [-0.2, 0) is 4.74 Å². The molecule has 0 saturated carbocycles. The largest absolute Gasteiger partial charge is 0.395 e. The Kier molecular flexibility index (Phi) is 7.91. The van der Waals surface area contributed by atoms with E-state index in [1.807, 2.05) is 0 Å². The van der Waals surface area contributed by atoms with Gasteiger partial charge in [0.15, 0.2) is 0 Å². The van der Waals surface area contributed by atoms with Crippen LogP contribution in [0.25, 0.3) is 0 Å². The maximum Gasteiger partial charge on any atom is 0.0702 e. The summed E-state index contributed by atoms with van der Waals surface area (Å²) in [7, 11) is 0. The number of nitrogens with two attached hydrogens (primary N) is 1. The Bertz CT molecular complexity index is 236. The molecule has 3 unspecified atom stereocenters. The van der Waals surface area contributed by atoms with Crippen LogP contribution in [-0.4, -0.2) is 54.5 Å². The SMILES string of the molecule is CCCOC1CCCN(C(CO)C(N)CC(C)C)C1. The second kappa shape index (κ2) is 8.90. The van der Waals surface area contributed by atoms with Gasteiger partial charge in [-0.3, -0.25) is 4.90 Å². The highest BCUT2D eigenvalue weighted by molar-refractivity contribution is 4.86.